The predicted molar refractivity (Wildman–Crippen MR) is 94.0 cm³/mol. The van der Waals surface area contributed by atoms with Gasteiger partial charge in [0.15, 0.2) is 11.6 Å². The largest absolute Gasteiger partial charge is 0.493 e. The van der Waals surface area contributed by atoms with Crippen molar-refractivity contribution < 1.29 is 14.4 Å². The highest BCUT2D eigenvalue weighted by Crippen LogP contribution is 2.38. The van der Waals surface area contributed by atoms with E-state index >= 15 is 0 Å². The predicted octanol–water partition coefficient (Wildman–Crippen LogP) is 1.62. The first-order chi connectivity index (χ1) is 12.3. The SMILES string of the molecule is COc1cc(/C=N/Nc2nc(=O)[nH]nc2C)cc([N+](=O)[O-])c1OC(C)C. The van der Waals surface area contributed by atoms with Gasteiger partial charge in [0.1, 0.15) is 5.69 Å². The van der Waals surface area contributed by atoms with Crippen LogP contribution in [0.4, 0.5) is 11.5 Å². The van der Waals surface area contributed by atoms with Crippen molar-refractivity contribution in [1.29, 1.82) is 0 Å². The highest BCUT2D eigenvalue weighted by atomic mass is 16.6. The van der Waals surface area contributed by atoms with Crippen molar-refractivity contribution >= 4 is 17.7 Å². The van der Waals surface area contributed by atoms with Crippen molar-refractivity contribution in [2.24, 2.45) is 5.10 Å². The molecule has 0 unspecified atom stereocenters. The second kappa shape index (κ2) is 8.05. The van der Waals surface area contributed by atoms with Gasteiger partial charge in [0.25, 0.3) is 0 Å². The van der Waals surface area contributed by atoms with Crippen LogP contribution in [-0.2, 0) is 0 Å². The molecule has 26 heavy (non-hydrogen) atoms. The smallest absolute Gasteiger partial charge is 0.363 e. The molecule has 0 aliphatic rings. The van der Waals surface area contributed by atoms with Crippen LogP contribution in [0.15, 0.2) is 22.0 Å². The molecule has 1 heterocycles. The lowest BCUT2D eigenvalue weighted by Gasteiger charge is -2.14. The van der Waals surface area contributed by atoms with E-state index < -0.39 is 10.6 Å². The Hall–Kier alpha value is -3.50. The number of ether oxygens (including phenoxy) is 2. The number of methoxy groups -OCH3 is 1. The average Bonchev–Trinajstić information content (AvgIpc) is 2.58. The summed E-state index contributed by atoms with van der Waals surface area (Å²) >= 11 is 0. The van der Waals surface area contributed by atoms with Crippen molar-refractivity contribution in [2.45, 2.75) is 26.9 Å². The number of aromatic amines is 1. The molecule has 0 saturated carbocycles. The average molecular weight is 362 g/mol. The van der Waals surface area contributed by atoms with Gasteiger partial charge in [0.2, 0.25) is 5.75 Å². The lowest BCUT2D eigenvalue weighted by Crippen LogP contribution is -2.15. The zero-order valence-corrected chi connectivity index (χ0v) is 14.6. The van der Waals surface area contributed by atoms with E-state index in [-0.39, 0.29) is 29.1 Å². The fourth-order valence-corrected chi connectivity index (χ4v) is 1.99. The molecule has 0 fully saturated rings. The van der Waals surface area contributed by atoms with Crippen LogP contribution in [0.25, 0.3) is 0 Å². The maximum atomic E-state index is 11.4. The molecule has 0 saturated heterocycles. The van der Waals surface area contributed by atoms with Crippen LogP contribution >= 0.6 is 0 Å². The van der Waals surface area contributed by atoms with Gasteiger partial charge in [-0.3, -0.25) is 15.5 Å². The summed E-state index contributed by atoms with van der Waals surface area (Å²) < 4.78 is 10.7. The number of aryl methyl sites for hydroxylation is 1. The van der Waals surface area contributed by atoms with Crippen LogP contribution in [0.1, 0.15) is 25.1 Å². The molecule has 0 atom stereocenters. The Morgan fingerprint density at radius 2 is 2.15 bits per heavy atom. The number of hydrogen-bond acceptors (Lipinski definition) is 9. The van der Waals surface area contributed by atoms with Crippen LogP contribution < -0.4 is 20.6 Å². The van der Waals surface area contributed by atoms with Gasteiger partial charge in [0.05, 0.1) is 24.4 Å². The molecule has 2 aromatic rings. The number of aromatic nitrogens is 3. The first-order valence-electron chi connectivity index (χ1n) is 7.57. The van der Waals surface area contributed by atoms with Gasteiger partial charge >= 0.3 is 11.4 Å². The van der Waals surface area contributed by atoms with Gasteiger partial charge in [-0.15, -0.1) is 0 Å². The highest BCUT2D eigenvalue weighted by Gasteiger charge is 2.22. The van der Waals surface area contributed by atoms with Gasteiger partial charge in [-0.1, -0.05) is 0 Å². The van der Waals surface area contributed by atoms with Crippen LogP contribution in [0.5, 0.6) is 11.5 Å². The summed E-state index contributed by atoms with van der Waals surface area (Å²) in [6, 6.07) is 2.86. The summed E-state index contributed by atoms with van der Waals surface area (Å²) in [5.74, 6) is 0.432. The van der Waals surface area contributed by atoms with Gasteiger partial charge in [-0.05, 0) is 26.8 Å². The number of nitrogens with zero attached hydrogens (tertiary/aromatic N) is 4. The molecule has 0 spiro atoms. The molecule has 11 heteroatoms. The Kier molecular flexibility index (Phi) is 5.83. The minimum absolute atomic E-state index is 0.0499. The van der Waals surface area contributed by atoms with E-state index in [1.807, 2.05) is 0 Å². The molecule has 1 aromatic heterocycles. The molecule has 11 nitrogen and oxygen atoms in total. The first-order valence-corrected chi connectivity index (χ1v) is 7.57. The molecule has 0 aliphatic carbocycles. The van der Waals surface area contributed by atoms with Gasteiger partial charge < -0.3 is 9.47 Å². The zero-order valence-electron chi connectivity index (χ0n) is 14.6. The number of nitrogens with one attached hydrogen (secondary N) is 2. The maximum absolute atomic E-state index is 11.4. The number of hydrogen-bond donors (Lipinski definition) is 2. The summed E-state index contributed by atoms with van der Waals surface area (Å²) in [6.07, 6.45) is 1.07. The number of nitro benzene ring substituents is 1. The van der Waals surface area contributed by atoms with Crippen molar-refractivity contribution in [3.05, 3.63) is 44.0 Å². The Bertz CT molecular complexity index is 893. The number of H-pyrrole nitrogens is 1. The fraction of sp³-hybridized carbons (Fsp3) is 0.333. The molecule has 2 rings (SSSR count). The standard InChI is InChI=1S/C15H18N6O5/c1-8(2)26-13-11(21(23)24)5-10(6-12(13)25-4)7-16-19-14-9(3)18-20-15(22)17-14/h5-8H,1-4H3,(H2,17,19,20,22)/b16-7+. The molecule has 2 N–H and O–H groups in total. The number of hydrazone groups is 1. The van der Waals surface area contributed by atoms with Crippen LogP contribution in [0.3, 0.4) is 0 Å². The Balaban J connectivity index is 2.34. The highest BCUT2D eigenvalue weighted by molar-refractivity contribution is 5.83. The number of nitro groups is 1. The number of rotatable bonds is 7. The molecular formula is C15H18N6O5. The van der Waals surface area contributed by atoms with E-state index in [4.69, 9.17) is 9.47 Å². The van der Waals surface area contributed by atoms with E-state index in [9.17, 15) is 14.9 Å². The summed E-state index contributed by atoms with van der Waals surface area (Å²) in [5.41, 5.74) is 2.53. The van der Waals surface area contributed by atoms with Crippen LogP contribution in [0, 0.1) is 17.0 Å². The summed E-state index contributed by atoms with van der Waals surface area (Å²) in [4.78, 5) is 25.7. The quantitative estimate of drug-likeness (QED) is 0.429. The molecule has 1 aromatic carbocycles. The van der Waals surface area contributed by atoms with Gasteiger partial charge in [-0.25, -0.2) is 9.89 Å². The molecule has 0 bridgehead atoms. The zero-order chi connectivity index (χ0) is 19.3. The lowest BCUT2D eigenvalue weighted by atomic mass is 10.2. The number of benzene rings is 1. The van der Waals surface area contributed by atoms with Crippen LogP contribution in [-0.4, -0.2) is 39.5 Å². The second-order valence-corrected chi connectivity index (χ2v) is 5.44. The second-order valence-electron chi connectivity index (χ2n) is 5.44. The fourth-order valence-electron chi connectivity index (χ4n) is 1.99. The third-order valence-electron chi connectivity index (χ3n) is 3.09. The summed E-state index contributed by atoms with van der Waals surface area (Å²) in [5, 5.41) is 21.2. The molecular weight excluding hydrogens is 344 g/mol. The lowest BCUT2D eigenvalue weighted by molar-refractivity contribution is -0.386. The molecule has 0 radical (unpaired) electrons. The third kappa shape index (κ3) is 4.53. The normalized spacial score (nSPS) is 11.0. The summed E-state index contributed by atoms with van der Waals surface area (Å²) in [6.45, 7) is 5.15. The van der Waals surface area contributed by atoms with Crippen LogP contribution in [0.2, 0.25) is 0 Å². The first kappa shape index (κ1) is 18.8. The van der Waals surface area contributed by atoms with E-state index in [0.717, 1.165) is 0 Å². The summed E-state index contributed by atoms with van der Waals surface area (Å²) in [7, 11) is 1.39. The van der Waals surface area contributed by atoms with Crippen molar-refractivity contribution in [1.82, 2.24) is 15.2 Å². The minimum atomic E-state index is -0.624. The Morgan fingerprint density at radius 1 is 1.42 bits per heavy atom. The monoisotopic (exact) mass is 362 g/mol. The van der Waals surface area contributed by atoms with Gasteiger partial charge in [-0.2, -0.15) is 15.2 Å². The number of anilines is 1. The Labute approximate surface area is 148 Å². The van der Waals surface area contributed by atoms with E-state index in [1.165, 1.54) is 19.4 Å². The molecule has 138 valence electrons. The molecule has 0 aliphatic heterocycles. The molecule has 0 amide bonds. The third-order valence-corrected chi connectivity index (χ3v) is 3.09. The minimum Gasteiger partial charge on any atom is -0.493 e. The van der Waals surface area contributed by atoms with Gasteiger partial charge in [0, 0.05) is 11.6 Å². The topological polar surface area (TPSA) is 145 Å². The maximum Gasteiger partial charge on any atom is 0.363 e. The van der Waals surface area contributed by atoms with Crippen molar-refractivity contribution in [3.63, 3.8) is 0 Å². The van der Waals surface area contributed by atoms with E-state index in [2.05, 4.69) is 25.7 Å². The van der Waals surface area contributed by atoms with Crippen molar-refractivity contribution in [2.75, 3.05) is 12.5 Å². The van der Waals surface area contributed by atoms with E-state index in [0.29, 0.717) is 11.3 Å². The van der Waals surface area contributed by atoms with Crippen molar-refractivity contribution in [3.8, 4) is 11.5 Å². The van der Waals surface area contributed by atoms with E-state index in [1.54, 1.807) is 26.8 Å². The Morgan fingerprint density at radius 3 is 2.77 bits per heavy atom.